The lowest BCUT2D eigenvalue weighted by Gasteiger charge is -2.34. The first-order valence-corrected chi connectivity index (χ1v) is 8.97. The number of hydrogen-bond donors (Lipinski definition) is 2. The minimum atomic E-state index is 0.0655. The van der Waals surface area contributed by atoms with Crippen molar-refractivity contribution in [3.63, 3.8) is 0 Å². The zero-order chi connectivity index (χ0) is 16.5. The second-order valence-electron chi connectivity index (χ2n) is 6.67. The summed E-state index contributed by atoms with van der Waals surface area (Å²) in [6, 6.07) is 0.604. The predicted octanol–water partition coefficient (Wildman–Crippen LogP) is 2.41. The highest BCUT2D eigenvalue weighted by Gasteiger charge is 2.25. The molecule has 3 amide bonds. The number of carbonyl (C=O) groups is 2. The van der Waals surface area contributed by atoms with Gasteiger partial charge in [-0.25, -0.2) is 4.79 Å². The molecule has 1 aliphatic carbocycles. The summed E-state index contributed by atoms with van der Waals surface area (Å²) >= 11 is 0. The van der Waals surface area contributed by atoms with Crippen molar-refractivity contribution in [2.24, 2.45) is 0 Å². The van der Waals surface area contributed by atoms with E-state index in [-0.39, 0.29) is 18.0 Å². The van der Waals surface area contributed by atoms with Crippen LogP contribution in [0.4, 0.5) is 4.79 Å². The minimum Gasteiger partial charge on any atom is -0.353 e. The maximum atomic E-state index is 12.3. The number of likely N-dealkylation sites (tertiary alicyclic amines) is 1. The Morgan fingerprint density at radius 1 is 1.00 bits per heavy atom. The summed E-state index contributed by atoms with van der Waals surface area (Å²) in [5, 5.41) is 6.21. The Balaban J connectivity index is 1.64. The average Bonchev–Trinajstić information content (AvgIpc) is 2.56. The first kappa shape index (κ1) is 17.7. The second kappa shape index (κ2) is 9.44. The van der Waals surface area contributed by atoms with Gasteiger partial charge < -0.3 is 15.5 Å². The molecule has 1 aliphatic heterocycles. The lowest BCUT2D eigenvalue weighted by molar-refractivity contribution is -0.122. The van der Waals surface area contributed by atoms with E-state index >= 15 is 0 Å². The van der Waals surface area contributed by atoms with E-state index in [0.717, 1.165) is 32.1 Å². The van der Waals surface area contributed by atoms with Crippen LogP contribution in [0.25, 0.3) is 0 Å². The van der Waals surface area contributed by atoms with Crippen LogP contribution in [-0.2, 0) is 4.79 Å². The van der Waals surface area contributed by atoms with Crippen LogP contribution in [0.5, 0.6) is 0 Å². The van der Waals surface area contributed by atoms with Crippen molar-refractivity contribution in [1.29, 1.82) is 0 Å². The fraction of sp³-hybridized carbons (Fsp3) is 0.778. The maximum Gasteiger partial charge on any atom is 0.317 e. The lowest BCUT2D eigenvalue weighted by atomic mass is 9.95. The van der Waals surface area contributed by atoms with Gasteiger partial charge in [0.25, 0.3) is 0 Å². The van der Waals surface area contributed by atoms with Crippen molar-refractivity contribution in [3.05, 3.63) is 0 Å². The quantitative estimate of drug-likeness (QED) is 0.604. The number of unbranched alkanes of at least 4 members (excludes halogenated alkanes) is 1. The molecule has 2 N–H and O–H groups in total. The average molecular weight is 319 g/mol. The highest BCUT2D eigenvalue weighted by molar-refractivity contribution is 5.76. The van der Waals surface area contributed by atoms with E-state index in [9.17, 15) is 9.59 Å². The third-order valence-corrected chi connectivity index (χ3v) is 4.81. The molecule has 2 fully saturated rings. The standard InChI is InChI=1S/C18H29N3O2/c1-2-3-5-10-17(22)19-16-11-13-21(14-12-16)18(23)20-15-8-6-4-7-9-15/h1,15-16H,3-14H2,(H,19,22)(H,20,23). The third kappa shape index (κ3) is 6.13. The van der Waals surface area contributed by atoms with Gasteiger partial charge in [0.15, 0.2) is 0 Å². The maximum absolute atomic E-state index is 12.3. The van der Waals surface area contributed by atoms with Crippen LogP contribution < -0.4 is 10.6 Å². The molecule has 0 unspecified atom stereocenters. The van der Waals surface area contributed by atoms with Gasteiger partial charge in [-0.15, -0.1) is 12.3 Å². The monoisotopic (exact) mass is 319 g/mol. The Morgan fingerprint density at radius 3 is 2.30 bits per heavy atom. The molecule has 0 bridgehead atoms. The molecule has 0 aromatic heterocycles. The fourth-order valence-electron chi connectivity index (χ4n) is 3.39. The molecule has 0 spiro atoms. The van der Waals surface area contributed by atoms with Gasteiger partial charge in [-0.2, -0.15) is 0 Å². The van der Waals surface area contributed by atoms with Gasteiger partial charge >= 0.3 is 6.03 Å². The molecule has 5 heteroatoms. The van der Waals surface area contributed by atoms with Crippen LogP contribution in [0.3, 0.4) is 0 Å². The van der Waals surface area contributed by atoms with Crippen molar-refractivity contribution in [2.75, 3.05) is 13.1 Å². The van der Waals surface area contributed by atoms with Crippen molar-refractivity contribution in [3.8, 4) is 12.3 Å². The van der Waals surface area contributed by atoms with Gasteiger partial charge in [0.05, 0.1) is 0 Å². The molecule has 1 saturated heterocycles. The molecule has 0 aromatic rings. The van der Waals surface area contributed by atoms with Gasteiger partial charge in [0, 0.05) is 38.0 Å². The van der Waals surface area contributed by atoms with Gasteiger partial charge in [0.2, 0.25) is 5.91 Å². The number of piperidine rings is 1. The summed E-state index contributed by atoms with van der Waals surface area (Å²) in [4.78, 5) is 26.0. The van der Waals surface area contributed by atoms with Gasteiger partial charge in [-0.1, -0.05) is 19.3 Å². The van der Waals surface area contributed by atoms with E-state index in [1.54, 1.807) is 0 Å². The number of rotatable bonds is 5. The van der Waals surface area contributed by atoms with E-state index < -0.39 is 0 Å². The molecule has 2 rings (SSSR count). The van der Waals surface area contributed by atoms with Crippen LogP contribution in [-0.4, -0.2) is 42.0 Å². The molecule has 23 heavy (non-hydrogen) atoms. The van der Waals surface area contributed by atoms with E-state index in [2.05, 4.69) is 16.6 Å². The van der Waals surface area contributed by atoms with E-state index in [1.807, 2.05) is 4.90 Å². The summed E-state index contributed by atoms with van der Waals surface area (Å²) in [5.74, 6) is 2.62. The van der Waals surface area contributed by atoms with Gasteiger partial charge in [0.1, 0.15) is 0 Å². The summed E-state index contributed by atoms with van der Waals surface area (Å²) < 4.78 is 0. The van der Waals surface area contributed by atoms with E-state index in [0.29, 0.717) is 32.0 Å². The van der Waals surface area contributed by atoms with Crippen molar-refractivity contribution in [1.82, 2.24) is 15.5 Å². The molecule has 1 saturated carbocycles. The van der Waals surface area contributed by atoms with E-state index in [1.165, 1.54) is 19.3 Å². The van der Waals surface area contributed by atoms with E-state index in [4.69, 9.17) is 6.42 Å². The van der Waals surface area contributed by atoms with Crippen LogP contribution in [0.2, 0.25) is 0 Å². The SMILES string of the molecule is C#CCCCC(=O)NC1CCN(C(=O)NC2CCCCC2)CC1. The summed E-state index contributed by atoms with van der Waals surface area (Å²) in [5.41, 5.74) is 0. The predicted molar refractivity (Wildman–Crippen MR) is 90.8 cm³/mol. The Hall–Kier alpha value is -1.70. The lowest BCUT2D eigenvalue weighted by Crippen LogP contribution is -2.51. The zero-order valence-electron chi connectivity index (χ0n) is 14.0. The molecular weight excluding hydrogens is 290 g/mol. The molecule has 5 nitrogen and oxygen atoms in total. The summed E-state index contributed by atoms with van der Waals surface area (Å²) in [6.45, 7) is 1.43. The molecule has 1 heterocycles. The summed E-state index contributed by atoms with van der Waals surface area (Å²) in [6.07, 6.45) is 14.7. The number of nitrogens with zero attached hydrogens (tertiary/aromatic N) is 1. The van der Waals surface area contributed by atoms with Crippen LogP contribution in [0.1, 0.15) is 64.2 Å². The van der Waals surface area contributed by atoms with Crippen molar-refractivity contribution >= 4 is 11.9 Å². The Bertz CT molecular complexity index is 430. The van der Waals surface area contributed by atoms with Gasteiger partial charge in [-0.3, -0.25) is 4.79 Å². The largest absolute Gasteiger partial charge is 0.353 e. The number of urea groups is 1. The first-order valence-electron chi connectivity index (χ1n) is 8.97. The zero-order valence-corrected chi connectivity index (χ0v) is 14.0. The normalized spacial score (nSPS) is 19.9. The molecular formula is C18H29N3O2. The van der Waals surface area contributed by atoms with Crippen LogP contribution in [0.15, 0.2) is 0 Å². The Kier molecular flexibility index (Phi) is 7.25. The summed E-state index contributed by atoms with van der Waals surface area (Å²) in [7, 11) is 0. The second-order valence-corrected chi connectivity index (χ2v) is 6.67. The van der Waals surface area contributed by atoms with Crippen LogP contribution >= 0.6 is 0 Å². The molecule has 0 aromatic carbocycles. The van der Waals surface area contributed by atoms with Crippen molar-refractivity contribution in [2.45, 2.75) is 76.3 Å². The topological polar surface area (TPSA) is 61.4 Å². The number of hydrogen-bond acceptors (Lipinski definition) is 2. The molecule has 0 atom stereocenters. The Morgan fingerprint density at radius 2 is 1.65 bits per heavy atom. The third-order valence-electron chi connectivity index (χ3n) is 4.81. The van der Waals surface area contributed by atoms with Gasteiger partial charge in [-0.05, 0) is 32.1 Å². The van der Waals surface area contributed by atoms with Crippen LogP contribution in [0, 0.1) is 12.3 Å². The number of carbonyl (C=O) groups excluding carboxylic acids is 2. The van der Waals surface area contributed by atoms with Crippen molar-refractivity contribution < 1.29 is 9.59 Å². The number of terminal acetylenes is 1. The smallest absolute Gasteiger partial charge is 0.317 e. The number of amides is 3. The Labute approximate surface area is 139 Å². The minimum absolute atomic E-state index is 0.0655. The highest BCUT2D eigenvalue weighted by Crippen LogP contribution is 2.18. The first-order chi connectivity index (χ1) is 11.2. The highest BCUT2D eigenvalue weighted by atomic mass is 16.2. The fourth-order valence-corrected chi connectivity index (χ4v) is 3.39. The molecule has 0 radical (unpaired) electrons. The molecule has 128 valence electrons. The number of nitrogens with one attached hydrogen (secondary N) is 2. The molecule has 2 aliphatic rings.